The number of aryl methyl sites for hydroxylation is 2. The van der Waals surface area contributed by atoms with Gasteiger partial charge in [-0.2, -0.15) is 5.10 Å². The zero-order valence-electron chi connectivity index (χ0n) is 14.4. The van der Waals surface area contributed by atoms with Gasteiger partial charge in [0.1, 0.15) is 6.04 Å². The van der Waals surface area contributed by atoms with Gasteiger partial charge >= 0.3 is 5.97 Å². The number of aromatic nitrogens is 2. The highest BCUT2D eigenvalue weighted by Crippen LogP contribution is 2.14. The number of carbonyl (C=O) groups excluding carboxylic acids is 1. The highest BCUT2D eigenvalue weighted by atomic mass is 16.4. The first kappa shape index (κ1) is 17.7. The van der Waals surface area contributed by atoms with Crippen molar-refractivity contribution >= 4 is 11.9 Å². The number of amides is 1. The van der Waals surface area contributed by atoms with Crippen LogP contribution in [0.1, 0.15) is 42.0 Å². The summed E-state index contributed by atoms with van der Waals surface area (Å²) in [6.07, 6.45) is 0.675. The number of nitrogens with one attached hydrogen (secondary N) is 1. The Balaban J connectivity index is 2.16. The molecule has 0 aliphatic heterocycles. The number of benzene rings is 1. The second-order valence-electron chi connectivity index (χ2n) is 6.06. The number of carbonyl (C=O) groups is 2. The molecule has 0 spiro atoms. The molecule has 1 amide bonds. The van der Waals surface area contributed by atoms with Gasteiger partial charge in [-0.1, -0.05) is 20.3 Å². The average Bonchev–Trinajstić information content (AvgIpc) is 2.90. The molecule has 0 radical (unpaired) electrons. The number of carboxylic acids is 1. The Hall–Kier alpha value is -2.63. The van der Waals surface area contributed by atoms with Crippen molar-refractivity contribution in [1.29, 1.82) is 0 Å². The van der Waals surface area contributed by atoms with Gasteiger partial charge in [0, 0.05) is 11.3 Å². The fraction of sp³-hybridized carbons (Fsp3) is 0.389. The summed E-state index contributed by atoms with van der Waals surface area (Å²) < 4.78 is 1.80. The number of rotatable bonds is 6. The van der Waals surface area contributed by atoms with Crippen molar-refractivity contribution in [2.75, 3.05) is 0 Å². The molecule has 0 unspecified atom stereocenters. The van der Waals surface area contributed by atoms with Crippen LogP contribution in [0.2, 0.25) is 0 Å². The van der Waals surface area contributed by atoms with Crippen molar-refractivity contribution in [2.24, 2.45) is 5.92 Å². The molecule has 0 saturated heterocycles. The lowest BCUT2D eigenvalue weighted by atomic mass is 9.99. The van der Waals surface area contributed by atoms with Crippen LogP contribution in [0.25, 0.3) is 5.69 Å². The summed E-state index contributed by atoms with van der Waals surface area (Å²) in [6, 6.07) is 8.04. The maximum absolute atomic E-state index is 12.3. The van der Waals surface area contributed by atoms with E-state index < -0.39 is 12.0 Å². The molecule has 0 fully saturated rings. The smallest absolute Gasteiger partial charge is 0.326 e. The molecule has 0 bridgehead atoms. The van der Waals surface area contributed by atoms with E-state index >= 15 is 0 Å². The first-order chi connectivity index (χ1) is 11.3. The van der Waals surface area contributed by atoms with Crippen molar-refractivity contribution in [3.8, 4) is 5.69 Å². The molecule has 6 heteroatoms. The summed E-state index contributed by atoms with van der Waals surface area (Å²) >= 11 is 0. The molecule has 128 valence electrons. The lowest BCUT2D eigenvalue weighted by Gasteiger charge is -2.20. The third kappa shape index (κ3) is 3.82. The predicted octanol–water partition coefficient (Wildman–Crippen LogP) is 2.72. The van der Waals surface area contributed by atoms with E-state index in [0.29, 0.717) is 12.0 Å². The first-order valence-corrected chi connectivity index (χ1v) is 8.00. The van der Waals surface area contributed by atoms with Gasteiger partial charge in [0.15, 0.2) is 0 Å². The van der Waals surface area contributed by atoms with Gasteiger partial charge in [-0.05, 0) is 50.1 Å². The molecule has 2 aromatic rings. The second-order valence-corrected chi connectivity index (χ2v) is 6.06. The summed E-state index contributed by atoms with van der Waals surface area (Å²) in [4.78, 5) is 23.6. The molecule has 1 heterocycles. The van der Waals surface area contributed by atoms with Crippen LogP contribution in [0.4, 0.5) is 0 Å². The minimum atomic E-state index is -1.02. The zero-order chi connectivity index (χ0) is 17.9. The van der Waals surface area contributed by atoms with E-state index in [-0.39, 0.29) is 11.8 Å². The Bertz CT molecular complexity index is 734. The largest absolute Gasteiger partial charge is 0.480 e. The summed E-state index contributed by atoms with van der Waals surface area (Å²) in [5.41, 5.74) is 3.21. The maximum Gasteiger partial charge on any atom is 0.326 e. The van der Waals surface area contributed by atoms with Crippen molar-refractivity contribution < 1.29 is 14.7 Å². The van der Waals surface area contributed by atoms with E-state index in [1.54, 1.807) is 28.9 Å². The van der Waals surface area contributed by atoms with E-state index in [0.717, 1.165) is 17.1 Å². The number of carboxylic acid groups (broad SMARTS) is 1. The van der Waals surface area contributed by atoms with Crippen LogP contribution in [0.15, 0.2) is 30.3 Å². The van der Waals surface area contributed by atoms with Crippen LogP contribution in [0.3, 0.4) is 0 Å². The SMILES string of the molecule is CC[C@H](C)[C@H](NC(=O)c1ccc(-n2nc(C)cc2C)cc1)C(=O)O. The van der Waals surface area contributed by atoms with E-state index in [4.69, 9.17) is 0 Å². The van der Waals surface area contributed by atoms with Crippen LogP contribution < -0.4 is 5.32 Å². The Labute approximate surface area is 141 Å². The van der Waals surface area contributed by atoms with Gasteiger partial charge in [-0.3, -0.25) is 4.79 Å². The van der Waals surface area contributed by atoms with Gasteiger partial charge in [-0.25, -0.2) is 9.48 Å². The van der Waals surface area contributed by atoms with E-state index in [1.807, 2.05) is 33.8 Å². The zero-order valence-corrected chi connectivity index (χ0v) is 14.4. The normalized spacial score (nSPS) is 13.3. The first-order valence-electron chi connectivity index (χ1n) is 8.00. The van der Waals surface area contributed by atoms with Crippen LogP contribution in [0, 0.1) is 19.8 Å². The van der Waals surface area contributed by atoms with Gasteiger partial charge < -0.3 is 10.4 Å². The van der Waals surface area contributed by atoms with Gasteiger partial charge in [-0.15, -0.1) is 0 Å². The topological polar surface area (TPSA) is 84.2 Å². The third-order valence-corrected chi connectivity index (χ3v) is 4.15. The number of hydrogen-bond donors (Lipinski definition) is 2. The maximum atomic E-state index is 12.3. The van der Waals surface area contributed by atoms with Crippen molar-refractivity contribution in [3.63, 3.8) is 0 Å². The standard InChI is InChI=1S/C18H23N3O3/c1-5-11(2)16(18(23)24)19-17(22)14-6-8-15(9-7-14)21-13(4)10-12(3)20-21/h6-11,16H,5H2,1-4H3,(H,19,22)(H,23,24)/t11-,16-/m0/s1. The molecule has 0 saturated carbocycles. The lowest BCUT2D eigenvalue weighted by molar-refractivity contribution is -0.140. The Morgan fingerprint density at radius 2 is 1.88 bits per heavy atom. The van der Waals surface area contributed by atoms with Crippen LogP contribution in [-0.4, -0.2) is 32.8 Å². The average molecular weight is 329 g/mol. The summed E-state index contributed by atoms with van der Waals surface area (Å²) in [5.74, 6) is -1.54. The summed E-state index contributed by atoms with van der Waals surface area (Å²) in [6.45, 7) is 7.59. The fourth-order valence-electron chi connectivity index (χ4n) is 2.55. The molecule has 0 aliphatic rings. The summed E-state index contributed by atoms with van der Waals surface area (Å²) in [7, 11) is 0. The van der Waals surface area contributed by atoms with E-state index in [9.17, 15) is 14.7 Å². The van der Waals surface area contributed by atoms with Crippen LogP contribution >= 0.6 is 0 Å². The Kier molecular flexibility index (Phi) is 5.39. The molecular formula is C18H23N3O3. The van der Waals surface area contributed by atoms with E-state index in [1.165, 1.54) is 0 Å². The molecular weight excluding hydrogens is 306 g/mol. The molecule has 2 rings (SSSR count). The van der Waals surface area contributed by atoms with E-state index in [2.05, 4.69) is 10.4 Å². The van der Waals surface area contributed by atoms with Crippen molar-refractivity contribution in [2.45, 2.75) is 40.2 Å². The molecule has 1 aromatic heterocycles. The minimum Gasteiger partial charge on any atom is -0.480 e. The molecule has 1 aromatic carbocycles. The van der Waals surface area contributed by atoms with Crippen molar-refractivity contribution in [3.05, 3.63) is 47.3 Å². The monoisotopic (exact) mass is 329 g/mol. The molecule has 2 N–H and O–H groups in total. The highest BCUT2D eigenvalue weighted by molar-refractivity contribution is 5.96. The molecule has 0 aliphatic carbocycles. The van der Waals surface area contributed by atoms with Gasteiger partial charge in [0.05, 0.1) is 11.4 Å². The van der Waals surface area contributed by atoms with Gasteiger partial charge in [0.25, 0.3) is 5.91 Å². The van der Waals surface area contributed by atoms with Gasteiger partial charge in [0.2, 0.25) is 0 Å². The highest BCUT2D eigenvalue weighted by Gasteiger charge is 2.25. The summed E-state index contributed by atoms with van der Waals surface area (Å²) in [5, 5.41) is 16.3. The molecule has 24 heavy (non-hydrogen) atoms. The lowest BCUT2D eigenvalue weighted by Crippen LogP contribution is -2.45. The molecule has 6 nitrogen and oxygen atoms in total. The number of nitrogens with zero attached hydrogens (tertiary/aromatic N) is 2. The quantitative estimate of drug-likeness (QED) is 0.853. The van der Waals surface area contributed by atoms with Crippen LogP contribution in [0.5, 0.6) is 0 Å². The second kappa shape index (κ2) is 7.29. The number of aliphatic carboxylic acids is 1. The predicted molar refractivity (Wildman–Crippen MR) is 91.4 cm³/mol. The Morgan fingerprint density at radius 3 is 2.33 bits per heavy atom. The van der Waals surface area contributed by atoms with Crippen molar-refractivity contribution in [1.82, 2.24) is 15.1 Å². The van der Waals surface area contributed by atoms with Crippen LogP contribution in [-0.2, 0) is 4.79 Å². The fourth-order valence-corrected chi connectivity index (χ4v) is 2.55. The third-order valence-electron chi connectivity index (χ3n) is 4.15. The number of hydrogen-bond acceptors (Lipinski definition) is 3. The minimum absolute atomic E-state index is 0.138. The Morgan fingerprint density at radius 1 is 1.25 bits per heavy atom. The molecule has 2 atom stereocenters.